The van der Waals surface area contributed by atoms with Crippen molar-refractivity contribution >= 4 is 16.8 Å². The Balaban J connectivity index is 1.67. The molecule has 0 unspecified atom stereocenters. The van der Waals surface area contributed by atoms with E-state index in [0.29, 0.717) is 17.6 Å². The maximum atomic E-state index is 12.4. The lowest BCUT2D eigenvalue weighted by Crippen LogP contribution is -2.26. The van der Waals surface area contributed by atoms with Crippen LogP contribution < -0.4 is 10.9 Å². The minimum Gasteiger partial charge on any atom is -0.361 e. The second-order valence-corrected chi connectivity index (χ2v) is 5.76. The maximum absolute atomic E-state index is 12.4. The number of rotatable bonds is 5. The van der Waals surface area contributed by atoms with Gasteiger partial charge in [-0.1, -0.05) is 23.4 Å². The molecule has 0 aliphatic carbocycles. The number of hydrogen-bond donors (Lipinski definition) is 2. The van der Waals surface area contributed by atoms with E-state index < -0.39 is 0 Å². The molecule has 0 spiro atoms. The summed E-state index contributed by atoms with van der Waals surface area (Å²) in [6.07, 6.45) is 1.56. The van der Waals surface area contributed by atoms with Gasteiger partial charge in [0.05, 0.1) is 11.3 Å². The Morgan fingerprint density at radius 2 is 2.08 bits per heavy atom. The number of carbonyl (C=O) groups is 1. The van der Waals surface area contributed by atoms with Gasteiger partial charge in [0.15, 0.2) is 0 Å². The monoisotopic (exact) mass is 325 g/mol. The highest BCUT2D eigenvalue weighted by atomic mass is 16.5. The summed E-state index contributed by atoms with van der Waals surface area (Å²) in [5.74, 6) is 0.579. The van der Waals surface area contributed by atoms with Crippen molar-refractivity contribution in [3.63, 3.8) is 0 Å². The Hall–Kier alpha value is -2.89. The summed E-state index contributed by atoms with van der Waals surface area (Å²) in [7, 11) is 0. The Labute approximate surface area is 138 Å². The van der Waals surface area contributed by atoms with Crippen LogP contribution in [0.3, 0.4) is 0 Å². The van der Waals surface area contributed by atoms with E-state index in [4.69, 9.17) is 4.52 Å². The molecule has 0 saturated heterocycles. The van der Waals surface area contributed by atoms with Gasteiger partial charge in [0.2, 0.25) is 5.56 Å². The average Bonchev–Trinajstić information content (AvgIpc) is 2.89. The highest BCUT2D eigenvalue weighted by Crippen LogP contribution is 2.15. The Bertz CT molecular complexity index is 921. The normalized spacial score (nSPS) is 10.9. The van der Waals surface area contributed by atoms with Gasteiger partial charge in [-0.05, 0) is 32.8 Å². The summed E-state index contributed by atoms with van der Waals surface area (Å²) in [5.41, 5.74) is 2.75. The van der Waals surface area contributed by atoms with Gasteiger partial charge in [0.25, 0.3) is 5.91 Å². The van der Waals surface area contributed by atoms with Gasteiger partial charge < -0.3 is 14.8 Å². The van der Waals surface area contributed by atoms with Crippen molar-refractivity contribution in [2.24, 2.45) is 0 Å². The van der Waals surface area contributed by atoms with Crippen molar-refractivity contribution in [1.82, 2.24) is 15.5 Å². The van der Waals surface area contributed by atoms with Crippen LogP contribution in [0, 0.1) is 13.8 Å². The number of aryl methyl sites for hydroxylation is 2. The molecule has 6 heteroatoms. The zero-order valence-corrected chi connectivity index (χ0v) is 13.7. The molecule has 124 valence electrons. The van der Waals surface area contributed by atoms with Crippen LogP contribution in [-0.4, -0.2) is 22.6 Å². The molecule has 3 rings (SSSR count). The lowest BCUT2D eigenvalue weighted by Gasteiger charge is -2.08. The number of nitrogens with one attached hydrogen (secondary N) is 2. The molecule has 0 atom stereocenters. The summed E-state index contributed by atoms with van der Waals surface area (Å²) in [5, 5.41) is 7.53. The molecule has 0 fully saturated rings. The molecule has 2 N–H and O–H groups in total. The van der Waals surface area contributed by atoms with Gasteiger partial charge in [0.1, 0.15) is 5.76 Å². The van der Waals surface area contributed by atoms with Crippen LogP contribution in [0.15, 0.2) is 39.6 Å². The summed E-state index contributed by atoms with van der Waals surface area (Å²) in [6.45, 7) is 4.31. The fraction of sp³-hybridized carbons (Fsp3) is 0.278. The van der Waals surface area contributed by atoms with E-state index in [-0.39, 0.29) is 11.5 Å². The molecule has 1 aromatic carbocycles. The van der Waals surface area contributed by atoms with E-state index in [0.717, 1.165) is 35.2 Å². The summed E-state index contributed by atoms with van der Waals surface area (Å²) in [4.78, 5) is 26.9. The van der Waals surface area contributed by atoms with Crippen molar-refractivity contribution in [3.8, 4) is 0 Å². The zero-order valence-electron chi connectivity index (χ0n) is 13.7. The quantitative estimate of drug-likeness (QED) is 0.706. The van der Waals surface area contributed by atoms with Crippen LogP contribution in [0.2, 0.25) is 0 Å². The molecule has 6 nitrogen and oxygen atoms in total. The van der Waals surface area contributed by atoms with Crippen LogP contribution in [0.4, 0.5) is 0 Å². The molecule has 2 aromatic heterocycles. The Kier molecular flexibility index (Phi) is 4.46. The Morgan fingerprint density at radius 1 is 1.29 bits per heavy atom. The number of aromatic amines is 1. The summed E-state index contributed by atoms with van der Waals surface area (Å²) in [6, 6.07) is 8.61. The molecule has 0 radical (unpaired) electrons. The number of para-hydroxylation sites is 1. The van der Waals surface area contributed by atoms with Crippen LogP contribution in [-0.2, 0) is 6.42 Å². The highest BCUT2D eigenvalue weighted by Gasteiger charge is 2.12. The number of hydrogen-bond acceptors (Lipinski definition) is 4. The van der Waals surface area contributed by atoms with Gasteiger partial charge in [0, 0.05) is 29.1 Å². The molecule has 24 heavy (non-hydrogen) atoms. The highest BCUT2D eigenvalue weighted by molar-refractivity contribution is 6.05. The smallest absolute Gasteiger partial charge is 0.252 e. The number of pyridine rings is 1. The molecule has 0 bridgehead atoms. The predicted molar refractivity (Wildman–Crippen MR) is 91.2 cm³/mol. The van der Waals surface area contributed by atoms with Crippen LogP contribution in [0.25, 0.3) is 10.9 Å². The number of aromatic nitrogens is 2. The fourth-order valence-electron chi connectivity index (χ4n) is 2.81. The third kappa shape index (κ3) is 3.22. The molecule has 0 aliphatic heterocycles. The molecular weight excluding hydrogens is 306 g/mol. The standard InChI is InChI=1S/C18H19N3O3/c1-11-13(12(2)24-21-11)7-5-9-19-18(23)15-10-17(22)20-16-8-4-3-6-14(15)16/h3-4,6,8,10H,5,7,9H2,1-2H3,(H,19,23)(H,20,22). The second kappa shape index (κ2) is 6.70. The van der Waals surface area contributed by atoms with Crippen molar-refractivity contribution in [2.75, 3.05) is 6.54 Å². The predicted octanol–water partition coefficient (Wildman–Crippen LogP) is 2.50. The topological polar surface area (TPSA) is 88.0 Å². The molecule has 2 heterocycles. The van der Waals surface area contributed by atoms with Crippen LogP contribution in [0.5, 0.6) is 0 Å². The minimum absolute atomic E-state index is 0.240. The first-order valence-electron chi connectivity index (χ1n) is 7.88. The summed E-state index contributed by atoms with van der Waals surface area (Å²) >= 11 is 0. The third-order valence-corrected chi connectivity index (χ3v) is 4.07. The van der Waals surface area contributed by atoms with E-state index in [2.05, 4.69) is 15.5 Å². The summed E-state index contributed by atoms with van der Waals surface area (Å²) < 4.78 is 5.13. The van der Waals surface area contributed by atoms with Gasteiger partial charge in [-0.2, -0.15) is 0 Å². The molecular formula is C18H19N3O3. The second-order valence-electron chi connectivity index (χ2n) is 5.76. The van der Waals surface area contributed by atoms with Gasteiger partial charge in [-0.3, -0.25) is 9.59 Å². The maximum Gasteiger partial charge on any atom is 0.252 e. The SMILES string of the molecule is Cc1noc(C)c1CCCNC(=O)c1cc(=O)[nH]c2ccccc12. The van der Waals surface area contributed by atoms with Gasteiger partial charge in [-0.25, -0.2) is 0 Å². The van der Waals surface area contributed by atoms with E-state index in [9.17, 15) is 9.59 Å². The van der Waals surface area contributed by atoms with Crippen molar-refractivity contribution in [3.05, 3.63) is 63.3 Å². The lowest BCUT2D eigenvalue weighted by molar-refractivity contribution is 0.0954. The first-order chi connectivity index (χ1) is 11.6. The van der Waals surface area contributed by atoms with E-state index in [1.54, 1.807) is 6.07 Å². The number of nitrogens with zero attached hydrogens (tertiary/aromatic N) is 1. The fourth-order valence-corrected chi connectivity index (χ4v) is 2.81. The zero-order chi connectivity index (χ0) is 17.1. The van der Waals surface area contributed by atoms with Crippen molar-refractivity contribution < 1.29 is 9.32 Å². The minimum atomic E-state index is -0.283. The number of carbonyl (C=O) groups excluding carboxylic acids is 1. The van der Waals surface area contributed by atoms with Gasteiger partial charge in [-0.15, -0.1) is 0 Å². The number of benzene rings is 1. The largest absolute Gasteiger partial charge is 0.361 e. The first kappa shape index (κ1) is 16.0. The number of fused-ring (bicyclic) bond motifs is 1. The van der Waals surface area contributed by atoms with Crippen LogP contribution in [0.1, 0.15) is 33.8 Å². The van der Waals surface area contributed by atoms with E-state index >= 15 is 0 Å². The van der Waals surface area contributed by atoms with Crippen molar-refractivity contribution in [2.45, 2.75) is 26.7 Å². The number of amides is 1. The average molecular weight is 325 g/mol. The van der Waals surface area contributed by atoms with Crippen LogP contribution >= 0.6 is 0 Å². The first-order valence-corrected chi connectivity index (χ1v) is 7.88. The van der Waals surface area contributed by atoms with E-state index in [1.807, 2.05) is 32.0 Å². The van der Waals surface area contributed by atoms with Crippen molar-refractivity contribution in [1.29, 1.82) is 0 Å². The molecule has 0 aliphatic rings. The molecule has 0 saturated carbocycles. The van der Waals surface area contributed by atoms with Gasteiger partial charge >= 0.3 is 0 Å². The lowest BCUT2D eigenvalue weighted by atomic mass is 10.1. The molecule has 1 amide bonds. The van der Waals surface area contributed by atoms with E-state index in [1.165, 1.54) is 6.07 Å². The Morgan fingerprint density at radius 3 is 2.83 bits per heavy atom. The molecule has 3 aromatic rings. The third-order valence-electron chi connectivity index (χ3n) is 4.07. The number of H-pyrrole nitrogens is 1.